The van der Waals surface area contributed by atoms with Gasteiger partial charge in [0.1, 0.15) is 11.5 Å². The Balaban J connectivity index is 1.72. The highest BCUT2D eigenvalue weighted by Gasteiger charge is 2.25. The molecule has 27 heavy (non-hydrogen) atoms. The van der Waals surface area contributed by atoms with Crippen molar-refractivity contribution in [1.82, 2.24) is 25.1 Å². The first kappa shape index (κ1) is 17.3. The molecule has 138 valence electrons. The highest BCUT2D eigenvalue weighted by Crippen LogP contribution is 2.29. The van der Waals surface area contributed by atoms with Gasteiger partial charge in [0.05, 0.1) is 0 Å². The van der Waals surface area contributed by atoms with Crippen LogP contribution in [0.1, 0.15) is 6.42 Å². The quantitative estimate of drug-likeness (QED) is 0.597. The molecular weight excluding hydrogens is 368 g/mol. The number of H-pyrrole nitrogens is 2. The Kier molecular flexibility index (Phi) is 4.41. The number of carbonyl (C=O) groups is 1. The third kappa shape index (κ3) is 3.43. The lowest BCUT2D eigenvalue weighted by molar-refractivity contribution is -0.125. The Morgan fingerprint density at radius 2 is 2.26 bits per heavy atom. The first-order valence-corrected chi connectivity index (χ1v) is 8.84. The average Bonchev–Trinajstić information content (AvgIpc) is 3.30. The summed E-state index contributed by atoms with van der Waals surface area (Å²) in [5.41, 5.74) is 0.134. The van der Waals surface area contributed by atoms with Crippen molar-refractivity contribution in [2.75, 3.05) is 18.4 Å². The van der Waals surface area contributed by atoms with Crippen LogP contribution in [0.4, 0.5) is 5.82 Å². The second kappa shape index (κ2) is 6.88. The molecule has 0 aliphatic carbocycles. The number of anilines is 1. The number of carbonyl (C=O) groups excluding carboxylic acids is 1. The van der Waals surface area contributed by atoms with E-state index in [2.05, 4.69) is 32.1 Å². The Morgan fingerprint density at radius 1 is 1.41 bits per heavy atom. The monoisotopic (exact) mass is 384 g/mol. The Morgan fingerprint density at radius 3 is 3.00 bits per heavy atom. The molecule has 3 aromatic rings. The molecule has 4 rings (SSSR count). The molecule has 1 saturated heterocycles. The predicted molar refractivity (Wildman–Crippen MR) is 104 cm³/mol. The standard InChI is InChI=1S/C18H17ClN6O2/c1-2-15(26)25-6-5-12(9-25)20-16-13-8-11(19)4-3-10(13)7-14(21-16)17-22-18(27)24-23-17/h2-4,7-8,12H,1,5-6,9H2,(H,20,21)(H2,22,23,24,27). The Bertz CT molecular complexity index is 1090. The molecule has 2 aromatic heterocycles. The van der Waals surface area contributed by atoms with E-state index in [0.717, 1.165) is 17.2 Å². The van der Waals surface area contributed by atoms with Crippen LogP contribution < -0.4 is 11.0 Å². The van der Waals surface area contributed by atoms with E-state index in [4.69, 9.17) is 11.6 Å². The maximum atomic E-state index is 11.8. The first-order chi connectivity index (χ1) is 13.0. The van der Waals surface area contributed by atoms with E-state index < -0.39 is 5.69 Å². The molecule has 0 spiro atoms. The lowest BCUT2D eigenvalue weighted by Gasteiger charge is -2.17. The highest BCUT2D eigenvalue weighted by molar-refractivity contribution is 6.31. The molecule has 1 aliphatic heterocycles. The minimum Gasteiger partial charge on any atom is -0.365 e. The summed E-state index contributed by atoms with van der Waals surface area (Å²) >= 11 is 6.17. The highest BCUT2D eigenvalue weighted by atomic mass is 35.5. The summed E-state index contributed by atoms with van der Waals surface area (Å²) < 4.78 is 0. The fraction of sp³-hybridized carbons (Fsp3) is 0.222. The second-order valence-electron chi connectivity index (χ2n) is 6.37. The van der Waals surface area contributed by atoms with Gasteiger partial charge in [-0.3, -0.25) is 9.78 Å². The molecule has 0 saturated carbocycles. The van der Waals surface area contributed by atoms with Gasteiger partial charge >= 0.3 is 5.69 Å². The Hall–Kier alpha value is -3.13. The van der Waals surface area contributed by atoms with Gasteiger partial charge in [0, 0.05) is 29.5 Å². The van der Waals surface area contributed by atoms with E-state index in [9.17, 15) is 9.59 Å². The Labute approximate surface area is 159 Å². The smallest absolute Gasteiger partial charge is 0.340 e. The molecule has 3 N–H and O–H groups in total. The number of aromatic nitrogens is 4. The molecule has 9 heteroatoms. The van der Waals surface area contributed by atoms with Crippen molar-refractivity contribution in [1.29, 1.82) is 0 Å². The van der Waals surface area contributed by atoms with Crippen LogP contribution in [0.5, 0.6) is 0 Å². The van der Waals surface area contributed by atoms with E-state index in [1.54, 1.807) is 11.0 Å². The number of aromatic amines is 2. The van der Waals surface area contributed by atoms with Gasteiger partial charge in [0.15, 0.2) is 5.82 Å². The first-order valence-electron chi connectivity index (χ1n) is 8.47. The van der Waals surface area contributed by atoms with Gasteiger partial charge in [0.25, 0.3) is 0 Å². The molecule has 1 aromatic carbocycles. The fourth-order valence-corrected chi connectivity index (χ4v) is 3.42. The number of rotatable bonds is 4. The number of benzene rings is 1. The zero-order valence-electron chi connectivity index (χ0n) is 14.3. The van der Waals surface area contributed by atoms with Crippen molar-refractivity contribution < 1.29 is 4.79 Å². The van der Waals surface area contributed by atoms with Crippen molar-refractivity contribution in [3.8, 4) is 11.5 Å². The molecule has 0 bridgehead atoms. The molecule has 0 radical (unpaired) electrons. The van der Waals surface area contributed by atoms with Gasteiger partial charge in [-0.05, 0) is 36.1 Å². The number of hydrogen-bond acceptors (Lipinski definition) is 5. The van der Waals surface area contributed by atoms with Crippen molar-refractivity contribution in [2.24, 2.45) is 0 Å². The molecule has 1 atom stereocenters. The molecule has 1 amide bonds. The zero-order valence-corrected chi connectivity index (χ0v) is 15.1. The third-order valence-corrected chi connectivity index (χ3v) is 4.79. The number of nitrogens with one attached hydrogen (secondary N) is 3. The second-order valence-corrected chi connectivity index (χ2v) is 6.80. The van der Waals surface area contributed by atoms with E-state index in [1.807, 2.05) is 18.2 Å². The lowest BCUT2D eigenvalue weighted by atomic mass is 10.1. The van der Waals surface area contributed by atoms with Crippen LogP contribution in [-0.2, 0) is 4.79 Å². The minimum absolute atomic E-state index is 0.0528. The number of halogens is 1. The number of nitrogens with zero attached hydrogens (tertiary/aromatic N) is 3. The van der Waals surface area contributed by atoms with Gasteiger partial charge in [0.2, 0.25) is 5.91 Å². The van der Waals surface area contributed by atoms with Crippen molar-refractivity contribution in [2.45, 2.75) is 12.5 Å². The summed E-state index contributed by atoms with van der Waals surface area (Å²) in [6.07, 6.45) is 2.12. The minimum atomic E-state index is -0.396. The molecule has 1 fully saturated rings. The summed E-state index contributed by atoms with van der Waals surface area (Å²) in [6.45, 7) is 4.76. The van der Waals surface area contributed by atoms with Gasteiger partial charge < -0.3 is 10.2 Å². The normalized spacial score (nSPS) is 16.6. The topological polar surface area (TPSA) is 107 Å². The van der Waals surface area contributed by atoms with Crippen LogP contribution in [0.3, 0.4) is 0 Å². The molecule has 1 unspecified atom stereocenters. The van der Waals surface area contributed by atoms with Crippen LogP contribution in [0, 0.1) is 0 Å². The van der Waals surface area contributed by atoms with Crippen LogP contribution in [0.15, 0.2) is 41.7 Å². The van der Waals surface area contributed by atoms with Gasteiger partial charge in [-0.2, -0.15) is 5.10 Å². The number of amides is 1. The summed E-state index contributed by atoms with van der Waals surface area (Å²) in [5.74, 6) is 0.907. The number of likely N-dealkylation sites (tertiary alicyclic amines) is 1. The summed E-state index contributed by atoms with van der Waals surface area (Å²) in [7, 11) is 0. The van der Waals surface area contributed by atoms with Gasteiger partial charge in [-0.25, -0.2) is 14.9 Å². The summed E-state index contributed by atoms with van der Waals surface area (Å²) in [5, 5.41) is 12.1. The fourth-order valence-electron chi connectivity index (χ4n) is 3.24. The third-order valence-electron chi connectivity index (χ3n) is 4.55. The van der Waals surface area contributed by atoms with E-state index in [0.29, 0.717) is 35.4 Å². The number of pyridine rings is 1. The number of hydrogen-bond donors (Lipinski definition) is 3. The maximum absolute atomic E-state index is 11.8. The van der Waals surface area contributed by atoms with Crippen molar-refractivity contribution in [3.05, 3.63) is 52.4 Å². The largest absolute Gasteiger partial charge is 0.365 e. The van der Waals surface area contributed by atoms with Crippen molar-refractivity contribution in [3.63, 3.8) is 0 Å². The zero-order chi connectivity index (χ0) is 19.0. The van der Waals surface area contributed by atoms with Crippen LogP contribution in [0.2, 0.25) is 5.02 Å². The van der Waals surface area contributed by atoms with Gasteiger partial charge in [-0.1, -0.05) is 24.2 Å². The molecule has 1 aliphatic rings. The molecular formula is C18H17ClN6O2. The molecule has 8 nitrogen and oxygen atoms in total. The average molecular weight is 385 g/mol. The van der Waals surface area contributed by atoms with Crippen molar-refractivity contribution >= 4 is 34.1 Å². The van der Waals surface area contributed by atoms with Crippen LogP contribution in [0.25, 0.3) is 22.3 Å². The van der Waals surface area contributed by atoms with Crippen LogP contribution in [-0.4, -0.2) is 50.1 Å². The summed E-state index contributed by atoms with van der Waals surface area (Å²) in [6, 6.07) is 7.42. The lowest BCUT2D eigenvalue weighted by Crippen LogP contribution is -2.30. The van der Waals surface area contributed by atoms with E-state index in [1.165, 1.54) is 6.08 Å². The molecule has 3 heterocycles. The van der Waals surface area contributed by atoms with E-state index >= 15 is 0 Å². The summed E-state index contributed by atoms with van der Waals surface area (Å²) in [4.78, 5) is 32.2. The SMILES string of the molecule is C=CC(=O)N1CCC(Nc2nc(-c3n[nH]c(=O)[nH]3)cc3ccc(Cl)cc23)C1. The predicted octanol–water partition coefficient (Wildman–Crippen LogP) is 2.17. The van der Waals surface area contributed by atoms with E-state index in [-0.39, 0.29) is 11.9 Å². The maximum Gasteiger partial charge on any atom is 0.340 e. The number of fused-ring (bicyclic) bond motifs is 1. The van der Waals surface area contributed by atoms with Gasteiger partial charge in [-0.15, -0.1) is 0 Å². The van der Waals surface area contributed by atoms with Crippen LogP contribution >= 0.6 is 11.6 Å².